The fraction of sp³-hybridized carbons (Fsp3) is 0.831. The minimum absolute atomic E-state index is 0.0680. The van der Waals surface area contributed by atoms with Crippen molar-refractivity contribution in [1.82, 2.24) is 0 Å². The van der Waals surface area contributed by atoms with Crippen LogP contribution in [0.25, 0.3) is 0 Å². The van der Waals surface area contributed by atoms with Crippen LogP contribution in [0, 0.1) is 0 Å². The maximum atomic E-state index is 12.9. The molecule has 1 unspecified atom stereocenters. The quantitative estimate of drug-likeness (QED) is 0.0261. The molecule has 0 N–H and O–H groups in total. The number of ether oxygens (including phenoxy) is 3. The molecule has 414 valence electrons. The molecule has 0 saturated heterocycles. The standard InChI is InChI=1S/C65H118O6/c1-4-7-10-13-16-19-22-24-26-28-30-31-32-33-34-35-36-38-39-41-43-46-49-52-55-58-64(67)70-61-62(60-69-63(66)57-54-51-48-45-21-18-15-12-9-6-3)71-65(68)59-56-53-50-47-44-42-40-37-29-27-25-23-20-17-14-11-8-5-2/h7,10,16,19,24,26,30-31,62H,4-6,8-9,11-15,17-18,20-23,25,27-29,32-61H2,1-3H3/b10-7-,19-16-,26-24-,31-30-. The van der Waals surface area contributed by atoms with Crippen LogP contribution in [-0.4, -0.2) is 37.2 Å². The molecular weight excluding hydrogens is 877 g/mol. The predicted octanol–water partition coefficient (Wildman–Crippen LogP) is 21.0. The average molecular weight is 996 g/mol. The number of allylic oxidation sites excluding steroid dienone is 8. The average Bonchev–Trinajstić information content (AvgIpc) is 3.37. The van der Waals surface area contributed by atoms with Gasteiger partial charge in [0.25, 0.3) is 0 Å². The summed E-state index contributed by atoms with van der Waals surface area (Å²) in [5.74, 6) is -0.851. The molecular formula is C65H118O6. The van der Waals surface area contributed by atoms with Gasteiger partial charge in [0, 0.05) is 19.3 Å². The van der Waals surface area contributed by atoms with Gasteiger partial charge in [-0.15, -0.1) is 0 Å². The zero-order valence-corrected chi connectivity index (χ0v) is 47.5. The first-order valence-corrected chi connectivity index (χ1v) is 31.1. The molecule has 0 aliphatic heterocycles. The summed E-state index contributed by atoms with van der Waals surface area (Å²) < 4.78 is 16.9. The zero-order valence-electron chi connectivity index (χ0n) is 47.5. The first-order chi connectivity index (χ1) is 35.0. The highest BCUT2D eigenvalue weighted by atomic mass is 16.6. The summed E-state index contributed by atoms with van der Waals surface area (Å²) in [5.41, 5.74) is 0. The van der Waals surface area contributed by atoms with Gasteiger partial charge in [-0.1, -0.05) is 301 Å². The van der Waals surface area contributed by atoms with E-state index in [-0.39, 0.29) is 31.1 Å². The van der Waals surface area contributed by atoms with E-state index in [1.807, 2.05) is 0 Å². The van der Waals surface area contributed by atoms with Crippen LogP contribution in [0.1, 0.15) is 329 Å². The molecule has 0 aromatic heterocycles. The Hall–Kier alpha value is -2.63. The molecule has 71 heavy (non-hydrogen) atoms. The van der Waals surface area contributed by atoms with E-state index in [0.717, 1.165) is 83.5 Å². The van der Waals surface area contributed by atoms with Crippen LogP contribution in [0.5, 0.6) is 0 Å². The fourth-order valence-corrected chi connectivity index (χ4v) is 9.20. The predicted molar refractivity (Wildman–Crippen MR) is 307 cm³/mol. The molecule has 0 amide bonds. The second-order valence-electron chi connectivity index (χ2n) is 21.0. The van der Waals surface area contributed by atoms with Gasteiger partial charge < -0.3 is 14.2 Å². The van der Waals surface area contributed by atoms with Crippen molar-refractivity contribution >= 4 is 17.9 Å². The van der Waals surface area contributed by atoms with E-state index in [9.17, 15) is 14.4 Å². The smallest absolute Gasteiger partial charge is 0.306 e. The lowest BCUT2D eigenvalue weighted by atomic mass is 10.0. The molecule has 0 fully saturated rings. The summed E-state index contributed by atoms with van der Waals surface area (Å²) in [6.45, 7) is 6.56. The zero-order chi connectivity index (χ0) is 51.4. The molecule has 0 aliphatic rings. The van der Waals surface area contributed by atoms with Gasteiger partial charge in [-0.3, -0.25) is 14.4 Å². The first-order valence-electron chi connectivity index (χ1n) is 31.1. The summed E-state index contributed by atoms with van der Waals surface area (Å²) in [6.07, 6.45) is 74.0. The summed E-state index contributed by atoms with van der Waals surface area (Å²) >= 11 is 0. The Labute approximate surface area is 441 Å². The van der Waals surface area contributed by atoms with Crippen LogP contribution >= 0.6 is 0 Å². The molecule has 0 spiro atoms. The Morgan fingerprint density at radius 3 is 0.859 bits per heavy atom. The lowest BCUT2D eigenvalue weighted by Crippen LogP contribution is -2.30. The van der Waals surface area contributed by atoms with E-state index in [1.54, 1.807) is 0 Å². The van der Waals surface area contributed by atoms with E-state index in [2.05, 4.69) is 69.4 Å². The third-order valence-electron chi connectivity index (χ3n) is 13.8. The van der Waals surface area contributed by atoms with E-state index in [1.165, 1.54) is 205 Å². The molecule has 0 aromatic rings. The van der Waals surface area contributed by atoms with Crippen LogP contribution < -0.4 is 0 Å². The highest BCUT2D eigenvalue weighted by Crippen LogP contribution is 2.17. The van der Waals surface area contributed by atoms with Gasteiger partial charge in [0.05, 0.1) is 0 Å². The molecule has 0 radical (unpaired) electrons. The fourth-order valence-electron chi connectivity index (χ4n) is 9.20. The second-order valence-corrected chi connectivity index (χ2v) is 21.0. The first kappa shape index (κ1) is 68.4. The number of hydrogen-bond acceptors (Lipinski definition) is 6. The van der Waals surface area contributed by atoms with Gasteiger partial charge in [0.1, 0.15) is 13.2 Å². The van der Waals surface area contributed by atoms with E-state index in [4.69, 9.17) is 14.2 Å². The highest BCUT2D eigenvalue weighted by molar-refractivity contribution is 5.71. The van der Waals surface area contributed by atoms with Gasteiger partial charge in [-0.05, 0) is 57.8 Å². The third-order valence-corrected chi connectivity index (χ3v) is 13.8. The molecule has 6 heteroatoms. The highest BCUT2D eigenvalue weighted by Gasteiger charge is 2.19. The van der Waals surface area contributed by atoms with Crippen LogP contribution in [0.15, 0.2) is 48.6 Å². The number of rotatable bonds is 57. The Kier molecular flexibility index (Phi) is 57.7. The van der Waals surface area contributed by atoms with Gasteiger partial charge in [-0.25, -0.2) is 0 Å². The van der Waals surface area contributed by atoms with Crippen molar-refractivity contribution in [3.05, 3.63) is 48.6 Å². The molecule has 0 bridgehead atoms. The number of esters is 3. The normalized spacial score (nSPS) is 12.3. The SMILES string of the molecule is CC/C=C\C/C=C\C/C=C\C/C=C\CCCCCCCCCCCCCCC(=O)OCC(COC(=O)CCCCCCCCCCCC)OC(=O)CCCCCCCCCCCCCCCCCCCC. The van der Waals surface area contributed by atoms with Crippen molar-refractivity contribution in [1.29, 1.82) is 0 Å². The summed E-state index contributed by atoms with van der Waals surface area (Å²) in [5, 5.41) is 0. The molecule has 0 aliphatic carbocycles. The summed E-state index contributed by atoms with van der Waals surface area (Å²) in [6, 6.07) is 0. The van der Waals surface area contributed by atoms with Crippen molar-refractivity contribution in [2.75, 3.05) is 13.2 Å². The van der Waals surface area contributed by atoms with Crippen LogP contribution in [0.4, 0.5) is 0 Å². The molecule has 0 rings (SSSR count). The minimum atomic E-state index is -0.769. The monoisotopic (exact) mass is 995 g/mol. The van der Waals surface area contributed by atoms with E-state index in [0.29, 0.717) is 19.3 Å². The number of unbranched alkanes of at least 4 members (excludes halogenated alkanes) is 38. The Bertz CT molecular complexity index is 1230. The number of carbonyl (C=O) groups excluding carboxylic acids is 3. The minimum Gasteiger partial charge on any atom is -0.462 e. The van der Waals surface area contributed by atoms with Gasteiger partial charge in [0.2, 0.25) is 0 Å². The van der Waals surface area contributed by atoms with Crippen molar-refractivity contribution in [2.45, 2.75) is 335 Å². The largest absolute Gasteiger partial charge is 0.462 e. The van der Waals surface area contributed by atoms with Crippen molar-refractivity contribution in [3.8, 4) is 0 Å². The Morgan fingerprint density at radius 1 is 0.296 bits per heavy atom. The van der Waals surface area contributed by atoms with E-state index >= 15 is 0 Å². The third kappa shape index (κ3) is 58.1. The molecule has 1 atom stereocenters. The lowest BCUT2D eigenvalue weighted by Gasteiger charge is -2.18. The molecule has 0 saturated carbocycles. The van der Waals surface area contributed by atoms with Gasteiger partial charge in [-0.2, -0.15) is 0 Å². The Balaban J connectivity index is 4.20. The molecule has 0 aromatic carbocycles. The Morgan fingerprint density at radius 2 is 0.549 bits per heavy atom. The van der Waals surface area contributed by atoms with Crippen molar-refractivity contribution < 1.29 is 28.6 Å². The van der Waals surface area contributed by atoms with E-state index < -0.39 is 6.10 Å². The second kappa shape index (κ2) is 59.9. The van der Waals surface area contributed by atoms with Crippen LogP contribution in [-0.2, 0) is 28.6 Å². The van der Waals surface area contributed by atoms with Crippen molar-refractivity contribution in [2.24, 2.45) is 0 Å². The molecule has 6 nitrogen and oxygen atoms in total. The summed E-state index contributed by atoms with van der Waals surface area (Å²) in [7, 11) is 0. The maximum Gasteiger partial charge on any atom is 0.306 e. The maximum absolute atomic E-state index is 12.9. The van der Waals surface area contributed by atoms with Gasteiger partial charge >= 0.3 is 17.9 Å². The summed E-state index contributed by atoms with van der Waals surface area (Å²) in [4.78, 5) is 38.2. The van der Waals surface area contributed by atoms with Gasteiger partial charge in [0.15, 0.2) is 6.10 Å². The van der Waals surface area contributed by atoms with Crippen LogP contribution in [0.3, 0.4) is 0 Å². The van der Waals surface area contributed by atoms with Crippen molar-refractivity contribution in [3.63, 3.8) is 0 Å². The topological polar surface area (TPSA) is 78.9 Å². The number of carbonyl (C=O) groups is 3. The van der Waals surface area contributed by atoms with Crippen LogP contribution in [0.2, 0.25) is 0 Å². The lowest BCUT2D eigenvalue weighted by molar-refractivity contribution is -0.167. The number of hydrogen-bond donors (Lipinski definition) is 0. The molecule has 0 heterocycles.